The van der Waals surface area contributed by atoms with Gasteiger partial charge in [0.05, 0.1) is 23.9 Å². The number of nitrogens with one attached hydrogen (secondary N) is 1. The summed E-state index contributed by atoms with van der Waals surface area (Å²) in [6.07, 6.45) is 1.54. The van der Waals surface area contributed by atoms with Crippen molar-refractivity contribution in [2.45, 2.75) is 27.3 Å². The Kier molecular flexibility index (Phi) is 6.02. The zero-order chi connectivity index (χ0) is 21.8. The maximum Gasteiger partial charge on any atom is 0.338 e. The van der Waals surface area contributed by atoms with Crippen molar-refractivity contribution in [3.05, 3.63) is 76.1 Å². The summed E-state index contributed by atoms with van der Waals surface area (Å²) in [6, 6.07) is 9.57. The summed E-state index contributed by atoms with van der Waals surface area (Å²) in [7, 11) is 0. The number of hydrogen-bond acceptors (Lipinski definition) is 5. The molecule has 0 aliphatic heterocycles. The zero-order valence-corrected chi connectivity index (χ0v) is 16.8. The van der Waals surface area contributed by atoms with Gasteiger partial charge in [0.25, 0.3) is 5.91 Å². The second-order valence-corrected chi connectivity index (χ2v) is 6.80. The second-order valence-electron chi connectivity index (χ2n) is 6.80. The van der Waals surface area contributed by atoms with Gasteiger partial charge < -0.3 is 19.0 Å². The highest BCUT2D eigenvalue weighted by Gasteiger charge is 2.21. The first-order valence-electron chi connectivity index (χ1n) is 9.17. The van der Waals surface area contributed by atoms with Gasteiger partial charge in [-0.05, 0) is 56.2 Å². The Morgan fingerprint density at radius 3 is 2.67 bits per heavy atom. The fourth-order valence-corrected chi connectivity index (χ4v) is 2.99. The molecule has 0 fully saturated rings. The number of furan rings is 1. The van der Waals surface area contributed by atoms with E-state index in [1.54, 1.807) is 30.5 Å². The summed E-state index contributed by atoms with van der Waals surface area (Å²) < 4.78 is 25.7. The standard InChI is InChI=1S/C22H20FN3O4/c1-13-6-7-16(9-19(13)23)22(28)30-12-20(27)25-21-18(10-24)14(2)15(3)26(21)11-17-5-4-8-29-17/h4-9H,11-12H2,1-3H3,(H,25,27). The Bertz CT molecular complexity index is 1140. The number of nitrogens with zero attached hydrogens (tertiary/aromatic N) is 2. The zero-order valence-electron chi connectivity index (χ0n) is 16.8. The van der Waals surface area contributed by atoms with E-state index in [1.165, 1.54) is 18.4 Å². The molecule has 2 aromatic heterocycles. The van der Waals surface area contributed by atoms with Gasteiger partial charge in [0.15, 0.2) is 6.61 Å². The monoisotopic (exact) mass is 409 g/mol. The van der Waals surface area contributed by atoms with Crippen LogP contribution >= 0.6 is 0 Å². The van der Waals surface area contributed by atoms with Crippen molar-refractivity contribution >= 4 is 17.7 Å². The first-order valence-corrected chi connectivity index (χ1v) is 9.17. The number of esters is 1. The predicted molar refractivity (Wildman–Crippen MR) is 106 cm³/mol. The Labute approximate surface area is 172 Å². The molecule has 3 aromatic rings. The molecule has 1 aromatic carbocycles. The Morgan fingerprint density at radius 2 is 2.03 bits per heavy atom. The van der Waals surface area contributed by atoms with Crippen molar-refractivity contribution in [1.29, 1.82) is 5.26 Å². The number of carbonyl (C=O) groups is 2. The molecular weight excluding hydrogens is 389 g/mol. The molecule has 0 aliphatic carbocycles. The summed E-state index contributed by atoms with van der Waals surface area (Å²) in [6.45, 7) is 4.93. The van der Waals surface area contributed by atoms with Crippen LogP contribution in [0.3, 0.4) is 0 Å². The molecular formula is C22H20FN3O4. The third kappa shape index (κ3) is 4.25. The van der Waals surface area contributed by atoms with Gasteiger partial charge in [0, 0.05) is 5.69 Å². The van der Waals surface area contributed by atoms with Crippen LogP contribution in [0.25, 0.3) is 0 Å². The van der Waals surface area contributed by atoms with Crippen molar-refractivity contribution < 1.29 is 23.1 Å². The molecule has 2 heterocycles. The molecule has 0 spiro atoms. The summed E-state index contributed by atoms with van der Waals surface area (Å²) >= 11 is 0. The van der Waals surface area contributed by atoms with Crippen LogP contribution < -0.4 is 5.32 Å². The Hall–Kier alpha value is -3.86. The maximum absolute atomic E-state index is 13.6. The number of carbonyl (C=O) groups excluding carboxylic acids is 2. The first-order chi connectivity index (χ1) is 14.3. The summed E-state index contributed by atoms with van der Waals surface area (Å²) in [5.41, 5.74) is 2.25. The van der Waals surface area contributed by atoms with Gasteiger partial charge in [-0.15, -0.1) is 0 Å². The van der Waals surface area contributed by atoms with E-state index in [2.05, 4.69) is 11.4 Å². The minimum atomic E-state index is -0.817. The van der Waals surface area contributed by atoms with Crippen LogP contribution in [0, 0.1) is 37.9 Å². The van der Waals surface area contributed by atoms with E-state index >= 15 is 0 Å². The molecule has 3 rings (SSSR count). The molecule has 7 nitrogen and oxygen atoms in total. The topological polar surface area (TPSA) is 97.3 Å². The number of halogens is 1. The largest absolute Gasteiger partial charge is 0.467 e. The minimum Gasteiger partial charge on any atom is -0.467 e. The van der Waals surface area contributed by atoms with E-state index in [-0.39, 0.29) is 5.56 Å². The van der Waals surface area contributed by atoms with E-state index < -0.39 is 24.3 Å². The Balaban J connectivity index is 1.74. The number of ether oxygens (including phenoxy) is 1. The van der Waals surface area contributed by atoms with Gasteiger partial charge >= 0.3 is 5.97 Å². The van der Waals surface area contributed by atoms with Crippen molar-refractivity contribution in [1.82, 2.24) is 4.57 Å². The van der Waals surface area contributed by atoms with Crippen LogP contribution in [0.2, 0.25) is 0 Å². The lowest BCUT2D eigenvalue weighted by Gasteiger charge is -2.12. The normalized spacial score (nSPS) is 10.5. The summed E-state index contributed by atoms with van der Waals surface area (Å²) in [5, 5.41) is 12.2. The van der Waals surface area contributed by atoms with Crippen molar-refractivity contribution in [2.24, 2.45) is 0 Å². The fourth-order valence-electron chi connectivity index (χ4n) is 2.99. The smallest absolute Gasteiger partial charge is 0.338 e. The average Bonchev–Trinajstić information content (AvgIpc) is 3.31. The van der Waals surface area contributed by atoms with Crippen LogP contribution in [-0.4, -0.2) is 23.1 Å². The average molecular weight is 409 g/mol. The third-order valence-electron chi connectivity index (χ3n) is 4.83. The molecule has 0 radical (unpaired) electrons. The predicted octanol–water partition coefficient (Wildman–Crippen LogP) is 3.86. The van der Waals surface area contributed by atoms with Gasteiger partial charge in [0.2, 0.25) is 0 Å². The molecule has 0 aliphatic rings. The van der Waals surface area contributed by atoms with Gasteiger partial charge in [-0.25, -0.2) is 9.18 Å². The highest BCUT2D eigenvalue weighted by atomic mass is 19.1. The number of aromatic nitrogens is 1. The minimum absolute atomic E-state index is 0.0106. The number of benzene rings is 1. The molecule has 0 saturated carbocycles. The molecule has 0 unspecified atom stereocenters. The fraction of sp³-hybridized carbons (Fsp3) is 0.227. The van der Waals surface area contributed by atoms with E-state index in [9.17, 15) is 19.2 Å². The van der Waals surface area contributed by atoms with Gasteiger partial charge in [-0.3, -0.25) is 4.79 Å². The molecule has 1 amide bonds. The number of amides is 1. The second kappa shape index (κ2) is 8.66. The van der Waals surface area contributed by atoms with E-state index in [0.29, 0.717) is 29.2 Å². The number of rotatable bonds is 6. The van der Waals surface area contributed by atoms with Gasteiger partial charge in [-0.1, -0.05) is 6.07 Å². The van der Waals surface area contributed by atoms with Crippen LogP contribution in [0.1, 0.15) is 38.5 Å². The van der Waals surface area contributed by atoms with Crippen LogP contribution in [0.15, 0.2) is 41.0 Å². The Morgan fingerprint density at radius 1 is 1.27 bits per heavy atom. The highest BCUT2D eigenvalue weighted by molar-refractivity contribution is 5.96. The number of aryl methyl sites for hydroxylation is 1. The molecule has 154 valence electrons. The number of anilines is 1. The molecule has 30 heavy (non-hydrogen) atoms. The van der Waals surface area contributed by atoms with Crippen LogP contribution in [0.4, 0.5) is 10.2 Å². The lowest BCUT2D eigenvalue weighted by molar-refractivity contribution is -0.119. The van der Waals surface area contributed by atoms with E-state index in [4.69, 9.17) is 9.15 Å². The highest BCUT2D eigenvalue weighted by Crippen LogP contribution is 2.27. The molecule has 1 N–H and O–H groups in total. The summed E-state index contributed by atoms with van der Waals surface area (Å²) in [5.74, 6) is -1.02. The SMILES string of the molecule is Cc1ccc(C(=O)OCC(=O)Nc2c(C#N)c(C)c(C)n2Cc2ccco2)cc1F. The lowest BCUT2D eigenvalue weighted by atomic mass is 10.1. The number of nitriles is 1. The van der Waals surface area contributed by atoms with Crippen LogP contribution in [0.5, 0.6) is 0 Å². The number of hydrogen-bond donors (Lipinski definition) is 1. The van der Waals surface area contributed by atoms with Crippen molar-refractivity contribution in [3.63, 3.8) is 0 Å². The quantitative estimate of drug-likeness (QED) is 0.624. The lowest BCUT2D eigenvalue weighted by Crippen LogP contribution is -2.23. The molecule has 0 saturated heterocycles. The van der Waals surface area contributed by atoms with Crippen molar-refractivity contribution in [3.8, 4) is 6.07 Å². The third-order valence-corrected chi connectivity index (χ3v) is 4.83. The molecule has 8 heteroatoms. The first kappa shape index (κ1) is 20.9. The summed E-state index contributed by atoms with van der Waals surface area (Å²) in [4.78, 5) is 24.5. The van der Waals surface area contributed by atoms with Crippen LogP contribution in [-0.2, 0) is 16.1 Å². The van der Waals surface area contributed by atoms with E-state index in [1.807, 2.05) is 6.92 Å². The van der Waals surface area contributed by atoms with E-state index in [0.717, 1.165) is 17.3 Å². The van der Waals surface area contributed by atoms with Gasteiger partial charge in [0.1, 0.15) is 23.5 Å². The van der Waals surface area contributed by atoms with Gasteiger partial charge in [-0.2, -0.15) is 5.26 Å². The molecule has 0 bridgehead atoms. The molecule has 0 atom stereocenters. The van der Waals surface area contributed by atoms with Crippen molar-refractivity contribution in [2.75, 3.05) is 11.9 Å². The maximum atomic E-state index is 13.6.